The van der Waals surface area contributed by atoms with Crippen molar-refractivity contribution in [3.8, 4) is 0 Å². The molecule has 0 amide bonds. The first-order chi connectivity index (χ1) is 12.7. The summed E-state index contributed by atoms with van der Waals surface area (Å²) in [6, 6.07) is 10.7. The lowest BCUT2D eigenvalue weighted by Crippen LogP contribution is -2.38. The molecule has 0 aliphatic carbocycles. The summed E-state index contributed by atoms with van der Waals surface area (Å²) in [6.45, 7) is 5.57. The average molecular weight is 357 g/mol. The minimum Gasteiger partial charge on any atom is -0.378 e. The maximum atomic E-state index is 4.64. The number of aryl methyl sites for hydroxylation is 2. The number of guanidine groups is 1. The van der Waals surface area contributed by atoms with E-state index in [4.69, 9.17) is 0 Å². The Morgan fingerprint density at radius 3 is 2.62 bits per heavy atom. The summed E-state index contributed by atoms with van der Waals surface area (Å²) in [4.78, 5) is 6.76. The zero-order valence-electron chi connectivity index (χ0n) is 16.3. The van der Waals surface area contributed by atoms with Gasteiger partial charge in [-0.1, -0.05) is 12.1 Å². The number of hydrogen-bond acceptors (Lipinski definition) is 3. The molecule has 1 heterocycles. The van der Waals surface area contributed by atoms with Crippen LogP contribution in [0.2, 0.25) is 0 Å². The average Bonchev–Trinajstić information content (AvgIpc) is 3.16. The summed E-state index contributed by atoms with van der Waals surface area (Å²) in [5.41, 5.74) is 2.61. The van der Waals surface area contributed by atoms with E-state index in [1.807, 2.05) is 23.1 Å². The third kappa shape index (κ3) is 7.17. The SMILES string of the molecule is CCNC(=NCCCn1cccn1)NCCCc1ccc(N(C)C)cc1. The second-order valence-corrected chi connectivity index (χ2v) is 6.47. The van der Waals surface area contributed by atoms with Crippen molar-refractivity contribution in [3.05, 3.63) is 48.3 Å². The minimum atomic E-state index is 0.793. The molecule has 1 aromatic carbocycles. The Morgan fingerprint density at radius 2 is 1.96 bits per heavy atom. The van der Waals surface area contributed by atoms with Gasteiger partial charge in [0, 0.05) is 58.4 Å². The molecule has 0 saturated heterocycles. The zero-order valence-corrected chi connectivity index (χ0v) is 16.3. The summed E-state index contributed by atoms with van der Waals surface area (Å²) in [6.07, 6.45) is 6.93. The van der Waals surface area contributed by atoms with Gasteiger partial charge in [-0.3, -0.25) is 9.67 Å². The van der Waals surface area contributed by atoms with Crippen LogP contribution in [0, 0.1) is 0 Å². The molecule has 1 aromatic heterocycles. The third-order valence-corrected chi connectivity index (χ3v) is 4.11. The molecule has 26 heavy (non-hydrogen) atoms. The number of benzene rings is 1. The summed E-state index contributed by atoms with van der Waals surface area (Å²) in [5, 5.41) is 10.9. The first kappa shape index (κ1) is 19.8. The topological polar surface area (TPSA) is 57.5 Å². The highest BCUT2D eigenvalue weighted by atomic mass is 15.3. The molecule has 0 fully saturated rings. The van der Waals surface area contributed by atoms with Crippen LogP contribution in [0.25, 0.3) is 0 Å². The van der Waals surface area contributed by atoms with E-state index in [-0.39, 0.29) is 0 Å². The Labute approximate surface area is 157 Å². The Kier molecular flexibility index (Phi) is 8.52. The highest BCUT2D eigenvalue weighted by molar-refractivity contribution is 5.79. The number of aliphatic imine (C=N–C) groups is 1. The molecular formula is C20H32N6. The van der Waals surface area contributed by atoms with E-state index < -0.39 is 0 Å². The molecule has 0 aliphatic rings. The van der Waals surface area contributed by atoms with Gasteiger partial charge in [0.05, 0.1) is 0 Å². The van der Waals surface area contributed by atoms with Crippen LogP contribution >= 0.6 is 0 Å². The standard InChI is InChI=1S/C20H32N6/c1-4-21-20(23-14-6-16-26-17-7-15-24-26)22-13-5-8-18-9-11-19(12-10-18)25(2)3/h7,9-12,15,17H,4-6,8,13-14,16H2,1-3H3,(H2,21,22,23). The smallest absolute Gasteiger partial charge is 0.191 e. The van der Waals surface area contributed by atoms with E-state index >= 15 is 0 Å². The van der Waals surface area contributed by atoms with Gasteiger partial charge in [-0.2, -0.15) is 5.10 Å². The van der Waals surface area contributed by atoms with Crippen LogP contribution in [0.5, 0.6) is 0 Å². The maximum absolute atomic E-state index is 4.64. The fourth-order valence-corrected chi connectivity index (χ4v) is 2.66. The number of nitrogens with one attached hydrogen (secondary N) is 2. The Hall–Kier alpha value is -2.50. The normalized spacial score (nSPS) is 11.4. The molecule has 0 unspecified atom stereocenters. The van der Waals surface area contributed by atoms with Crippen molar-refractivity contribution in [1.29, 1.82) is 0 Å². The largest absolute Gasteiger partial charge is 0.378 e. The lowest BCUT2D eigenvalue weighted by Gasteiger charge is -2.13. The summed E-state index contributed by atoms with van der Waals surface area (Å²) in [5.74, 6) is 0.899. The van der Waals surface area contributed by atoms with Crippen molar-refractivity contribution < 1.29 is 0 Å². The van der Waals surface area contributed by atoms with E-state index in [0.29, 0.717) is 0 Å². The molecule has 0 atom stereocenters. The van der Waals surface area contributed by atoms with E-state index in [0.717, 1.165) is 51.4 Å². The summed E-state index contributed by atoms with van der Waals surface area (Å²) in [7, 11) is 4.13. The van der Waals surface area contributed by atoms with Gasteiger partial charge in [0.25, 0.3) is 0 Å². The predicted molar refractivity (Wildman–Crippen MR) is 110 cm³/mol. The first-order valence-electron chi connectivity index (χ1n) is 9.45. The number of aromatic nitrogens is 2. The van der Waals surface area contributed by atoms with Gasteiger partial charge in [-0.25, -0.2) is 0 Å². The lowest BCUT2D eigenvalue weighted by molar-refractivity contribution is 0.583. The number of hydrogen-bond donors (Lipinski definition) is 2. The molecule has 0 saturated carbocycles. The Bertz CT molecular complexity index is 631. The Balaban J connectivity index is 1.67. The van der Waals surface area contributed by atoms with Crippen molar-refractivity contribution >= 4 is 11.6 Å². The van der Waals surface area contributed by atoms with Crippen molar-refractivity contribution in [1.82, 2.24) is 20.4 Å². The van der Waals surface area contributed by atoms with Crippen molar-refractivity contribution in [2.45, 2.75) is 32.7 Å². The second-order valence-electron chi connectivity index (χ2n) is 6.47. The van der Waals surface area contributed by atoms with E-state index in [1.54, 1.807) is 0 Å². The van der Waals surface area contributed by atoms with E-state index in [2.05, 4.69) is 70.9 Å². The van der Waals surface area contributed by atoms with Crippen molar-refractivity contribution in [3.63, 3.8) is 0 Å². The van der Waals surface area contributed by atoms with Crippen molar-refractivity contribution in [2.24, 2.45) is 4.99 Å². The molecule has 2 rings (SSSR count). The van der Waals surface area contributed by atoms with Gasteiger partial charge in [-0.15, -0.1) is 0 Å². The first-order valence-corrected chi connectivity index (χ1v) is 9.45. The Morgan fingerprint density at radius 1 is 1.15 bits per heavy atom. The molecule has 6 heteroatoms. The molecule has 0 aliphatic heterocycles. The quantitative estimate of drug-likeness (QED) is 0.390. The monoisotopic (exact) mass is 356 g/mol. The van der Waals surface area contributed by atoms with Crippen LogP contribution in [-0.2, 0) is 13.0 Å². The number of rotatable bonds is 10. The van der Waals surface area contributed by atoms with Crippen LogP contribution < -0.4 is 15.5 Å². The third-order valence-electron chi connectivity index (χ3n) is 4.11. The molecule has 0 bridgehead atoms. The molecule has 0 spiro atoms. The van der Waals surface area contributed by atoms with Gasteiger partial charge in [0.15, 0.2) is 5.96 Å². The molecular weight excluding hydrogens is 324 g/mol. The molecule has 6 nitrogen and oxygen atoms in total. The molecule has 2 N–H and O–H groups in total. The summed E-state index contributed by atoms with van der Waals surface area (Å²) >= 11 is 0. The maximum Gasteiger partial charge on any atom is 0.191 e. The van der Waals surface area contributed by atoms with Gasteiger partial charge < -0.3 is 15.5 Å². The minimum absolute atomic E-state index is 0.793. The molecule has 2 aromatic rings. The van der Waals surface area contributed by atoms with Crippen molar-refractivity contribution in [2.75, 3.05) is 38.6 Å². The van der Waals surface area contributed by atoms with E-state index in [9.17, 15) is 0 Å². The zero-order chi connectivity index (χ0) is 18.6. The fraction of sp³-hybridized carbons (Fsp3) is 0.500. The summed E-state index contributed by atoms with van der Waals surface area (Å²) < 4.78 is 1.94. The van der Waals surface area contributed by atoms with Gasteiger partial charge in [0.2, 0.25) is 0 Å². The highest BCUT2D eigenvalue weighted by Gasteiger charge is 1.99. The lowest BCUT2D eigenvalue weighted by atomic mass is 10.1. The second kappa shape index (κ2) is 11.2. The van der Waals surface area contributed by atoms with Gasteiger partial charge in [-0.05, 0) is 49.9 Å². The van der Waals surface area contributed by atoms with Gasteiger partial charge >= 0.3 is 0 Å². The van der Waals surface area contributed by atoms with E-state index in [1.165, 1.54) is 11.3 Å². The number of anilines is 1. The fourth-order valence-electron chi connectivity index (χ4n) is 2.66. The molecule has 0 radical (unpaired) electrons. The van der Waals surface area contributed by atoms with Crippen LogP contribution in [0.1, 0.15) is 25.3 Å². The van der Waals surface area contributed by atoms with Crippen LogP contribution in [0.4, 0.5) is 5.69 Å². The number of nitrogens with zero attached hydrogens (tertiary/aromatic N) is 4. The predicted octanol–water partition coefficient (Wildman–Crippen LogP) is 2.53. The molecule has 142 valence electrons. The van der Waals surface area contributed by atoms with Crippen LogP contribution in [-0.4, -0.2) is 49.5 Å². The van der Waals surface area contributed by atoms with Gasteiger partial charge in [0.1, 0.15) is 0 Å². The van der Waals surface area contributed by atoms with Crippen LogP contribution in [0.3, 0.4) is 0 Å². The highest BCUT2D eigenvalue weighted by Crippen LogP contribution is 2.13. The van der Waals surface area contributed by atoms with Crippen LogP contribution in [0.15, 0.2) is 47.7 Å².